The molecule has 1 aromatic carbocycles. The quantitative estimate of drug-likeness (QED) is 0.756. The summed E-state index contributed by atoms with van der Waals surface area (Å²) in [5, 5.41) is 3.18. The van der Waals surface area contributed by atoms with Gasteiger partial charge < -0.3 is 15.6 Å². The van der Waals surface area contributed by atoms with Gasteiger partial charge in [0.1, 0.15) is 0 Å². The number of H-pyrrole nitrogens is 1. The fraction of sp³-hybridized carbons (Fsp3) is 0.278. The second-order valence-corrected chi connectivity index (χ2v) is 6.89. The molecule has 0 radical (unpaired) electrons. The molecule has 0 saturated heterocycles. The number of thiophene rings is 1. The van der Waals surface area contributed by atoms with E-state index in [4.69, 9.17) is 5.73 Å². The third-order valence-corrected chi connectivity index (χ3v) is 5.16. The minimum absolute atomic E-state index is 0.0249. The van der Waals surface area contributed by atoms with Gasteiger partial charge >= 0.3 is 0 Å². The molecule has 3 N–H and O–H groups in total. The molecular weight excluding hydrogens is 306 g/mol. The van der Waals surface area contributed by atoms with Gasteiger partial charge in [0.25, 0.3) is 0 Å². The molecule has 0 aliphatic carbocycles. The van der Waals surface area contributed by atoms with Gasteiger partial charge in [-0.3, -0.25) is 4.79 Å². The van der Waals surface area contributed by atoms with E-state index in [0.717, 1.165) is 16.5 Å². The van der Waals surface area contributed by atoms with E-state index in [1.54, 1.807) is 16.2 Å². The molecule has 0 fully saturated rings. The molecule has 0 spiro atoms. The zero-order valence-corrected chi connectivity index (χ0v) is 14.2. The van der Waals surface area contributed by atoms with Crippen molar-refractivity contribution in [1.29, 1.82) is 0 Å². The summed E-state index contributed by atoms with van der Waals surface area (Å²) in [7, 11) is 1.82. The minimum Gasteiger partial charge on any atom is -0.361 e. The van der Waals surface area contributed by atoms with Crippen molar-refractivity contribution >= 4 is 28.1 Å². The summed E-state index contributed by atoms with van der Waals surface area (Å²) >= 11 is 1.67. The second kappa shape index (κ2) is 6.56. The smallest absolute Gasteiger partial charge is 0.239 e. The fourth-order valence-electron chi connectivity index (χ4n) is 2.77. The summed E-state index contributed by atoms with van der Waals surface area (Å²) in [5.74, 6) is -0.0249. The maximum absolute atomic E-state index is 12.5. The van der Waals surface area contributed by atoms with Crippen LogP contribution in [-0.2, 0) is 17.8 Å². The zero-order chi connectivity index (χ0) is 16.4. The van der Waals surface area contributed by atoms with E-state index in [1.807, 2.05) is 31.4 Å². The lowest BCUT2D eigenvalue weighted by Crippen LogP contribution is -2.42. The Morgan fingerprint density at radius 2 is 2.13 bits per heavy atom. The number of carbonyl (C=O) groups is 1. The van der Waals surface area contributed by atoms with Gasteiger partial charge in [-0.05, 0) is 42.0 Å². The number of aryl methyl sites for hydroxylation is 1. The van der Waals surface area contributed by atoms with E-state index in [9.17, 15) is 4.79 Å². The number of nitrogens with two attached hydrogens (primary N) is 1. The number of carbonyl (C=O) groups excluding carboxylic acids is 1. The number of hydrogen-bond acceptors (Lipinski definition) is 3. The zero-order valence-electron chi connectivity index (χ0n) is 13.4. The van der Waals surface area contributed by atoms with Crippen LogP contribution >= 0.6 is 11.3 Å². The van der Waals surface area contributed by atoms with E-state index >= 15 is 0 Å². The van der Waals surface area contributed by atoms with Crippen LogP contribution in [0.25, 0.3) is 10.9 Å². The number of amides is 1. The van der Waals surface area contributed by atoms with Gasteiger partial charge in [0.2, 0.25) is 5.91 Å². The molecule has 2 heterocycles. The number of rotatable bonds is 5. The molecule has 23 heavy (non-hydrogen) atoms. The van der Waals surface area contributed by atoms with Gasteiger partial charge in [0.15, 0.2) is 0 Å². The van der Waals surface area contributed by atoms with Crippen molar-refractivity contribution < 1.29 is 4.79 Å². The minimum atomic E-state index is -0.528. The van der Waals surface area contributed by atoms with E-state index < -0.39 is 6.04 Å². The third-order valence-electron chi connectivity index (χ3n) is 4.16. The van der Waals surface area contributed by atoms with Crippen LogP contribution in [0.1, 0.15) is 16.0 Å². The Labute approximate surface area is 139 Å². The summed E-state index contributed by atoms with van der Waals surface area (Å²) in [6.07, 6.45) is 2.48. The van der Waals surface area contributed by atoms with Crippen LogP contribution in [0.3, 0.4) is 0 Å². The SMILES string of the molecule is Cc1ccsc1CN(C)C(=O)[C@@H](N)Cc1c[nH]c2ccccc12. The van der Waals surface area contributed by atoms with Crippen molar-refractivity contribution in [3.63, 3.8) is 0 Å². The average Bonchev–Trinajstić information content (AvgIpc) is 3.14. The summed E-state index contributed by atoms with van der Waals surface area (Å²) in [6, 6.07) is 9.61. The summed E-state index contributed by atoms with van der Waals surface area (Å²) in [5.41, 5.74) is 9.55. The Morgan fingerprint density at radius 1 is 1.35 bits per heavy atom. The van der Waals surface area contributed by atoms with Gasteiger partial charge in [-0.1, -0.05) is 18.2 Å². The van der Waals surface area contributed by atoms with Crippen molar-refractivity contribution in [2.45, 2.75) is 25.9 Å². The van der Waals surface area contributed by atoms with Crippen molar-refractivity contribution in [2.24, 2.45) is 5.73 Å². The predicted molar refractivity (Wildman–Crippen MR) is 95.5 cm³/mol. The number of nitrogens with zero attached hydrogens (tertiary/aromatic N) is 1. The molecule has 0 bridgehead atoms. The number of hydrogen-bond donors (Lipinski definition) is 2. The molecule has 3 rings (SSSR count). The van der Waals surface area contributed by atoms with E-state index in [2.05, 4.69) is 29.4 Å². The third kappa shape index (κ3) is 3.30. The Bertz CT molecular complexity index is 820. The fourth-order valence-corrected chi connectivity index (χ4v) is 3.73. The highest BCUT2D eigenvalue weighted by Gasteiger charge is 2.20. The number of aromatic nitrogens is 1. The van der Waals surface area contributed by atoms with E-state index in [1.165, 1.54) is 10.4 Å². The second-order valence-electron chi connectivity index (χ2n) is 5.89. The average molecular weight is 327 g/mol. The van der Waals surface area contributed by atoms with Crippen LogP contribution in [0.4, 0.5) is 0 Å². The summed E-state index contributed by atoms with van der Waals surface area (Å²) in [6.45, 7) is 2.68. The number of nitrogens with one attached hydrogen (secondary N) is 1. The molecule has 1 amide bonds. The normalized spacial score (nSPS) is 12.5. The maximum Gasteiger partial charge on any atom is 0.239 e. The highest BCUT2D eigenvalue weighted by Crippen LogP contribution is 2.20. The predicted octanol–water partition coefficient (Wildman–Crippen LogP) is 3.07. The largest absolute Gasteiger partial charge is 0.361 e. The lowest BCUT2D eigenvalue weighted by Gasteiger charge is -2.21. The maximum atomic E-state index is 12.5. The number of fused-ring (bicyclic) bond motifs is 1. The van der Waals surface area contributed by atoms with Crippen LogP contribution in [-0.4, -0.2) is 28.9 Å². The van der Waals surface area contributed by atoms with Crippen LogP contribution in [0.2, 0.25) is 0 Å². The monoisotopic (exact) mass is 327 g/mol. The first-order valence-corrected chi connectivity index (χ1v) is 8.52. The standard InChI is InChI=1S/C18H21N3OS/c1-12-7-8-23-17(12)11-21(2)18(22)15(19)9-13-10-20-16-6-4-3-5-14(13)16/h3-8,10,15,20H,9,11,19H2,1-2H3/t15-/m0/s1. The van der Waals surface area contributed by atoms with Crippen molar-refractivity contribution in [2.75, 3.05) is 7.05 Å². The molecule has 3 aromatic rings. The van der Waals surface area contributed by atoms with E-state index in [0.29, 0.717) is 13.0 Å². The van der Waals surface area contributed by atoms with Crippen LogP contribution in [0.15, 0.2) is 41.9 Å². The van der Waals surface area contributed by atoms with Crippen LogP contribution in [0, 0.1) is 6.92 Å². The highest BCUT2D eigenvalue weighted by atomic mass is 32.1. The number of benzene rings is 1. The number of likely N-dealkylation sites (N-methyl/N-ethyl adjacent to an activating group) is 1. The van der Waals surface area contributed by atoms with Gasteiger partial charge in [0.05, 0.1) is 12.6 Å². The van der Waals surface area contributed by atoms with Gasteiger partial charge in [0, 0.05) is 29.0 Å². The molecule has 0 aliphatic heterocycles. The summed E-state index contributed by atoms with van der Waals surface area (Å²) in [4.78, 5) is 18.7. The molecule has 120 valence electrons. The van der Waals surface area contributed by atoms with E-state index in [-0.39, 0.29) is 5.91 Å². The topological polar surface area (TPSA) is 62.1 Å². The Kier molecular flexibility index (Phi) is 4.50. The van der Waals surface area contributed by atoms with Crippen LogP contribution < -0.4 is 5.73 Å². The van der Waals surface area contributed by atoms with Gasteiger partial charge in [-0.15, -0.1) is 11.3 Å². The lowest BCUT2D eigenvalue weighted by molar-refractivity contribution is -0.131. The molecule has 4 nitrogen and oxygen atoms in total. The molecule has 1 atom stereocenters. The lowest BCUT2D eigenvalue weighted by atomic mass is 10.0. The van der Waals surface area contributed by atoms with Crippen LogP contribution in [0.5, 0.6) is 0 Å². The Hall–Kier alpha value is -2.11. The van der Waals surface area contributed by atoms with Gasteiger partial charge in [-0.25, -0.2) is 0 Å². The molecule has 2 aromatic heterocycles. The van der Waals surface area contributed by atoms with Gasteiger partial charge in [-0.2, -0.15) is 0 Å². The summed E-state index contributed by atoms with van der Waals surface area (Å²) < 4.78 is 0. The highest BCUT2D eigenvalue weighted by molar-refractivity contribution is 7.10. The van der Waals surface area contributed by atoms with Crippen molar-refractivity contribution in [1.82, 2.24) is 9.88 Å². The molecule has 5 heteroatoms. The molecule has 0 aliphatic rings. The Balaban J connectivity index is 1.68. The molecular formula is C18H21N3OS. The van der Waals surface area contributed by atoms with Crippen molar-refractivity contribution in [3.8, 4) is 0 Å². The van der Waals surface area contributed by atoms with Crippen molar-refractivity contribution in [3.05, 3.63) is 57.9 Å². The number of para-hydroxylation sites is 1. The molecule has 0 unspecified atom stereocenters. The number of aromatic amines is 1. The Morgan fingerprint density at radius 3 is 2.87 bits per heavy atom. The molecule has 0 saturated carbocycles. The first kappa shape index (κ1) is 15.8. The first-order chi connectivity index (χ1) is 11.1. The first-order valence-electron chi connectivity index (χ1n) is 7.65.